The summed E-state index contributed by atoms with van der Waals surface area (Å²) in [5.74, 6) is -0.525. The monoisotopic (exact) mass is 316 g/mol. The molecule has 3 rings (SSSR count). The molecule has 1 fully saturated rings. The lowest BCUT2D eigenvalue weighted by Gasteiger charge is -2.23. The molecule has 0 radical (unpaired) electrons. The van der Waals surface area contributed by atoms with E-state index >= 15 is 0 Å². The van der Waals surface area contributed by atoms with Gasteiger partial charge in [0.2, 0.25) is 0 Å². The number of benzene rings is 1. The van der Waals surface area contributed by atoms with Crippen LogP contribution in [0.1, 0.15) is 42.9 Å². The number of esters is 1. The van der Waals surface area contributed by atoms with E-state index in [2.05, 4.69) is 20.2 Å². The highest BCUT2D eigenvalue weighted by atomic mass is 16.6. The fraction of sp³-hybridized carbons (Fsp3) is 0.526. The van der Waals surface area contributed by atoms with Crippen LogP contribution in [0.25, 0.3) is 5.57 Å². The maximum Gasteiger partial charge on any atom is 0.340 e. The molecular weight excluding hydrogens is 290 g/mol. The first-order valence-corrected chi connectivity index (χ1v) is 8.45. The fourth-order valence-corrected chi connectivity index (χ4v) is 3.62. The van der Waals surface area contributed by atoms with Gasteiger partial charge in [-0.2, -0.15) is 0 Å². The van der Waals surface area contributed by atoms with Gasteiger partial charge in [0.05, 0.1) is 20.6 Å². The summed E-state index contributed by atoms with van der Waals surface area (Å²) in [6, 6.07) is 7.63. The van der Waals surface area contributed by atoms with Gasteiger partial charge in [-0.05, 0) is 36.0 Å². The van der Waals surface area contributed by atoms with Gasteiger partial charge in [-0.25, -0.2) is 4.79 Å². The molecule has 0 saturated carbocycles. The number of carbonyl (C=O) groups excluding carboxylic acids is 1. The van der Waals surface area contributed by atoms with Crippen LogP contribution in [-0.2, 0) is 9.53 Å². The summed E-state index contributed by atoms with van der Waals surface area (Å²) in [5.41, 5.74) is 2.88. The van der Waals surface area contributed by atoms with Gasteiger partial charge in [0.15, 0.2) is 12.2 Å². The lowest BCUT2D eigenvalue weighted by atomic mass is 9.95. The van der Waals surface area contributed by atoms with Gasteiger partial charge in [-0.15, -0.1) is 0 Å². The van der Waals surface area contributed by atoms with E-state index in [9.17, 15) is 9.90 Å². The number of nitrogens with zero attached hydrogens (tertiary/aromatic N) is 1. The lowest BCUT2D eigenvalue weighted by molar-refractivity contribution is -0.879. The first-order valence-electron chi connectivity index (χ1n) is 8.45. The van der Waals surface area contributed by atoms with Crippen molar-refractivity contribution in [1.82, 2.24) is 0 Å². The molecule has 2 atom stereocenters. The summed E-state index contributed by atoms with van der Waals surface area (Å²) >= 11 is 0. The van der Waals surface area contributed by atoms with Gasteiger partial charge in [0, 0.05) is 6.42 Å². The Morgan fingerprint density at radius 1 is 1.35 bits per heavy atom. The van der Waals surface area contributed by atoms with Crippen LogP contribution in [-0.4, -0.2) is 48.8 Å². The van der Waals surface area contributed by atoms with Crippen LogP contribution in [0, 0.1) is 0 Å². The number of rotatable bonds is 4. The Hall–Kier alpha value is -1.65. The van der Waals surface area contributed by atoms with E-state index < -0.39 is 12.1 Å². The number of hydrogen-bond donors (Lipinski definition) is 1. The average Bonchev–Trinajstić information content (AvgIpc) is 3.16. The summed E-state index contributed by atoms with van der Waals surface area (Å²) in [6.45, 7) is 1.81. The van der Waals surface area contributed by atoms with Crippen LogP contribution >= 0.6 is 0 Å². The highest BCUT2D eigenvalue weighted by Gasteiger charge is 2.35. The standard InChI is InChI=1S/C19H26NO3/c1-20(2)12-11-15(13-20)23-19(22)18(21)17-10-6-5-9-16(17)14-7-3-4-8-14/h5-7,9-10,15,18,21H,3-4,8,11-13H2,1-2H3/q+1/t15-,18-/m0/s1. The number of quaternary nitrogens is 1. The number of aliphatic hydroxyl groups excluding tert-OH is 1. The Kier molecular flexibility index (Phi) is 4.55. The molecule has 0 aromatic heterocycles. The SMILES string of the molecule is C[N+]1(C)CC[C@H](OC(=O)[C@@H](O)c2ccccc2C2=CCCC2)C1. The van der Waals surface area contributed by atoms with Gasteiger partial charge in [-0.1, -0.05) is 30.3 Å². The van der Waals surface area contributed by atoms with Crippen LogP contribution < -0.4 is 0 Å². The van der Waals surface area contributed by atoms with Crippen molar-refractivity contribution >= 4 is 11.5 Å². The van der Waals surface area contributed by atoms with Crippen molar-refractivity contribution in [2.75, 3.05) is 27.2 Å². The summed E-state index contributed by atoms with van der Waals surface area (Å²) in [4.78, 5) is 12.4. The Morgan fingerprint density at radius 2 is 2.13 bits per heavy atom. The molecule has 1 saturated heterocycles. The van der Waals surface area contributed by atoms with Crippen LogP contribution in [0.3, 0.4) is 0 Å². The second kappa shape index (κ2) is 6.46. The Labute approximate surface area is 138 Å². The molecule has 1 aromatic carbocycles. The maximum absolute atomic E-state index is 12.4. The molecular formula is C19H26NO3+. The largest absolute Gasteiger partial charge is 0.454 e. The smallest absolute Gasteiger partial charge is 0.340 e. The third kappa shape index (κ3) is 3.65. The number of likely N-dealkylation sites (N-methyl/N-ethyl adjacent to an activating group) is 1. The minimum atomic E-state index is -1.20. The van der Waals surface area contributed by atoms with Crippen molar-refractivity contribution < 1.29 is 19.1 Å². The highest BCUT2D eigenvalue weighted by Crippen LogP contribution is 2.33. The number of carbonyl (C=O) groups is 1. The van der Waals surface area contributed by atoms with Crippen LogP contribution in [0.2, 0.25) is 0 Å². The summed E-state index contributed by atoms with van der Waals surface area (Å²) in [5, 5.41) is 10.5. The van der Waals surface area contributed by atoms with Crippen molar-refractivity contribution in [2.45, 2.75) is 37.9 Å². The van der Waals surface area contributed by atoms with Gasteiger partial charge < -0.3 is 14.3 Å². The van der Waals surface area contributed by atoms with E-state index in [1.165, 1.54) is 5.57 Å². The summed E-state index contributed by atoms with van der Waals surface area (Å²) < 4.78 is 6.42. The summed E-state index contributed by atoms with van der Waals surface area (Å²) in [7, 11) is 4.26. The Bertz CT molecular complexity index is 621. The molecule has 23 heavy (non-hydrogen) atoms. The molecule has 0 amide bonds. The normalized spacial score (nSPS) is 24.3. The molecule has 1 aliphatic heterocycles. The first-order chi connectivity index (χ1) is 11.0. The molecule has 4 heteroatoms. The fourth-order valence-electron chi connectivity index (χ4n) is 3.62. The molecule has 1 aliphatic carbocycles. The van der Waals surface area contributed by atoms with Crippen molar-refractivity contribution in [3.63, 3.8) is 0 Å². The molecule has 1 N–H and O–H groups in total. The van der Waals surface area contributed by atoms with Crippen LogP contribution in [0.15, 0.2) is 30.3 Å². The number of ether oxygens (including phenoxy) is 1. The molecule has 2 aliphatic rings. The van der Waals surface area contributed by atoms with Crippen molar-refractivity contribution in [2.24, 2.45) is 0 Å². The zero-order chi connectivity index (χ0) is 16.4. The summed E-state index contributed by atoms with van der Waals surface area (Å²) in [6.07, 6.45) is 4.98. The topological polar surface area (TPSA) is 46.5 Å². The number of allylic oxidation sites excluding steroid dienone is 2. The lowest BCUT2D eigenvalue weighted by Crippen LogP contribution is -2.38. The number of hydrogen-bond acceptors (Lipinski definition) is 3. The van der Waals surface area contributed by atoms with Crippen LogP contribution in [0.5, 0.6) is 0 Å². The number of likely N-dealkylation sites (tertiary alicyclic amines) is 1. The molecule has 0 spiro atoms. The van der Waals surface area contributed by atoms with Crippen LogP contribution in [0.4, 0.5) is 0 Å². The van der Waals surface area contributed by atoms with E-state index in [4.69, 9.17) is 4.74 Å². The number of aliphatic hydroxyl groups is 1. The van der Waals surface area contributed by atoms with Crippen molar-refractivity contribution in [1.29, 1.82) is 0 Å². The maximum atomic E-state index is 12.4. The molecule has 124 valence electrons. The van der Waals surface area contributed by atoms with E-state index in [0.29, 0.717) is 5.56 Å². The van der Waals surface area contributed by atoms with Gasteiger partial charge in [-0.3, -0.25) is 0 Å². The van der Waals surface area contributed by atoms with Gasteiger partial charge >= 0.3 is 5.97 Å². The zero-order valence-corrected chi connectivity index (χ0v) is 14.0. The zero-order valence-electron chi connectivity index (χ0n) is 14.0. The Balaban J connectivity index is 1.73. The highest BCUT2D eigenvalue weighted by molar-refractivity contribution is 5.80. The van der Waals surface area contributed by atoms with Gasteiger partial charge in [0.25, 0.3) is 0 Å². The molecule has 4 nitrogen and oxygen atoms in total. The third-order valence-corrected chi connectivity index (χ3v) is 4.90. The molecule has 1 aromatic rings. The van der Waals surface area contributed by atoms with E-state index in [0.717, 1.165) is 48.8 Å². The first kappa shape index (κ1) is 16.2. The Morgan fingerprint density at radius 3 is 2.78 bits per heavy atom. The molecule has 1 heterocycles. The van der Waals surface area contributed by atoms with E-state index in [1.54, 1.807) is 0 Å². The third-order valence-electron chi connectivity index (χ3n) is 4.90. The van der Waals surface area contributed by atoms with E-state index in [-0.39, 0.29) is 6.10 Å². The molecule has 0 bridgehead atoms. The minimum absolute atomic E-state index is 0.0926. The predicted octanol–water partition coefficient (Wildman–Crippen LogP) is 2.68. The van der Waals surface area contributed by atoms with Gasteiger partial charge in [0.1, 0.15) is 6.54 Å². The quantitative estimate of drug-likeness (QED) is 0.686. The second-order valence-corrected chi connectivity index (χ2v) is 7.30. The minimum Gasteiger partial charge on any atom is -0.454 e. The average molecular weight is 316 g/mol. The predicted molar refractivity (Wildman–Crippen MR) is 89.6 cm³/mol. The van der Waals surface area contributed by atoms with E-state index in [1.807, 2.05) is 24.3 Å². The van der Waals surface area contributed by atoms with Crippen molar-refractivity contribution in [3.8, 4) is 0 Å². The van der Waals surface area contributed by atoms with Crippen molar-refractivity contribution in [3.05, 3.63) is 41.5 Å². The second-order valence-electron chi connectivity index (χ2n) is 7.30. The molecule has 0 unspecified atom stereocenters.